The van der Waals surface area contributed by atoms with Gasteiger partial charge < -0.3 is 24.3 Å². The van der Waals surface area contributed by atoms with Gasteiger partial charge in [0.05, 0.1) is 39.6 Å². The van der Waals surface area contributed by atoms with E-state index in [-0.39, 0.29) is 5.91 Å². The molecule has 0 bridgehead atoms. The minimum absolute atomic E-state index is 0.0572. The Morgan fingerprint density at radius 3 is 1.40 bits per heavy atom. The second kappa shape index (κ2) is 31.0. The van der Waals surface area contributed by atoms with Crippen LogP contribution in [-0.2, 0) is 18.9 Å². The van der Waals surface area contributed by atoms with E-state index < -0.39 is 0 Å². The second-order valence-corrected chi connectivity index (χ2v) is 11.5. The Morgan fingerprint density at radius 2 is 0.975 bits per heavy atom. The van der Waals surface area contributed by atoms with Gasteiger partial charge in [-0.3, -0.25) is 4.79 Å². The van der Waals surface area contributed by atoms with Gasteiger partial charge in [0.15, 0.2) is 0 Å². The third kappa shape index (κ3) is 25.9. The summed E-state index contributed by atoms with van der Waals surface area (Å²) in [6.07, 6.45) is 23.2. The van der Waals surface area contributed by atoms with Gasteiger partial charge in [-0.15, -0.1) is 0 Å². The van der Waals surface area contributed by atoms with Crippen LogP contribution < -0.4 is 5.32 Å². The quantitative estimate of drug-likeness (QED) is 0.0861. The van der Waals surface area contributed by atoms with Crippen LogP contribution in [-0.4, -0.2) is 65.3 Å². The molecule has 0 aliphatic rings. The summed E-state index contributed by atoms with van der Waals surface area (Å²) in [5.41, 5.74) is 0.781. The highest BCUT2D eigenvalue weighted by Crippen LogP contribution is 2.11. The predicted molar refractivity (Wildman–Crippen MR) is 169 cm³/mol. The van der Waals surface area contributed by atoms with Crippen molar-refractivity contribution in [1.29, 1.82) is 0 Å². The van der Waals surface area contributed by atoms with E-state index in [2.05, 4.69) is 12.2 Å². The van der Waals surface area contributed by atoms with Crippen molar-refractivity contribution >= 4 is 17.2 Å². The van der Waals surface area contributed by atoms with Gasteiger partial charge in [0, 0.05) is 30.7 Å². The molecule has 1 rings (SSSR count). The Balaban J connectivity index is 1.63. The molecule has 0 saturated carbocycles. The molecule has 0 aliphatic heterocycles. The lowest BCUT2D eigenvalue weighted by Gasteiger charge is -2.08. The van der Waals surface area contributed by atoms with Gasteiger partial charge in [-0.1, -0.05) is 103 Å². The van der Waals surface area contributed by atoms with E-state index in [1.54, 1.807) is 11.3 Å². The van der Waals surface area contributed by atoms with Crippen molar-refractivity contribution in [2.45, 2.75) is 122 Å². The van der Waals surface area contributed by atoms with Gasteiger partial charge in [-0.05, 0) is 30.7 Å². The summed E-state index contributed by atoms with van der Waals surface area (Å²) >= 11 is 1.56. The molecule has 0 saturated heterocycles. The lowest BCUT2D eigenvalue weighted by atomic mass is 10.1. The second-order valence-electron chi connectivity index (χ2n) is 10.7. The summed E-state index contributed by atoms with van der Waals surface area (Å²) < 4.78 is 22.4. The van der Waals surface area contributed by atoms with Gasteiger partial charge in [-0.25, -0.2) is 0 Å². The van der Waals surface area contributed by atoms with Gasteiger partial charge in [0.1, 0.15) is 0 Å². The molecule has 1 N–H and O–H groups in total. The molecule has 40 heavy (non-hydrogen) atoms. The SMILES string of the molecule is CCCCCCCCCCOCCOCCOCCOCCCCCCCCCCCCNC(=O)c1ccsc1. The summed E-state index contributed by atoms with van der Waals surface area (Å²) in [5, 5.41) is 6.83. The molecule has 0 atom stereocenters. The van der Waals surface area contributed by atoms with Gasteiger partial charge in [0.2, 0.25) is 0 Å². The first-order valence-electron chi connectivity index (χ1n) is 16.5. The van der Waals surface area contributed by atoms with Gasteiger partial charge in [0.25, 0.3) is 5.91 Å². The highest BCUT2D eigenvalue weighted by Gasteiger charge is 2.03. The van der Waals surface area contributed by atoms with Crippen molar-refractivity contribution in [2.24, 2.45) is 0 Å². The largest absolute Gasteiger partial charge is 0.379 e. The van der Waals surface area contributed by atoms with Crippen molar-refractivity contribution in [3.8, 4) is 0 Å². The maximum Gasteiger partial charge on any atom is 0.252 e. The first kappa shape index (κ1) is 37.0. The first-order valence-corrected chi connectivity index (χ1v) is 17.4. The highest BCUT2D eigenvalue weighted by atomic mass is 32.1. The molecule has 1 heterocycles. The first-order chi connectivity index (χ1) is 19.8. The molecule has 1 aromatic heterocycles. The van der Waals surface area contributed by atoms with Crippen LogP contribution in [0.5, 0.6) is 0 Å². The molecule has 0 fully saturated rings. The van der Waals surface area contributed by atoms with E-state index in [1.807, 2.05) is 16.8 Å². The topological polar surface area (TPSA) is 66.0 Å². The fraction of sp³-hybridized carbons (Fsp3) is 0.848. The minimum Gasteiger partial charge on any atom is -0.379 e. The van der Waals surface area contributed by atoms with Crippen LogP contribution in [0.3, 0.4) is 0 Å². The van der Waals surface area contributed by atoms with Crippen LogP contribution in [0.2, 0.25) is 0 Å². The Hall–Kier alpha value is -0.990. The number of amides is 1. The molecular weight excluding hydrogens is 522 g/mol. The Kier molecular flexibility index (Phi) is 28.7. The Morgan fingerprint density at radius 1 is 0.575 bits per heavy atom. The number of hydrogen-bond donors (Lipinski definition) is 1. The molecule has 0 spiro atoms. The molecule has 0 aliphatic carbocycles. The smallest absolute Gasteiger partial charge is 0.252 e. The van der Waals surface area contributed by atoms with Crippen molar-refractivity contribution in [2.75, 3.05) is 59.4 Å². The van der Waals surface area contributed by atoms with Crippen LogP contribution in [0, 0.1) is 0 Å². The highest BCUT2D eigenvalue weighted by molar-refractivity contribution is 7.08. The minimum atomic E-state index is 0.0572. The van der Waals surface area contributed by atoms with E-state index in [0.29, 0.717) is 39.6 Å². The molecule has 0 unspecified atom stereocenters. The average Bonchev–Trinajstić information content (AvgIpc) is 3.51. The van der Waals surface area contributed by atoms with E-state index >= 15 is 0 Å². The molecular formula is C33H61NO5S. The number of carbonyl (C=O) groups is 1. The van der Waals surface area contributed by atoms with Crippen LogP contribution >= 0.6 is 11.3 Å². The summed E-state index contributed by atoms with van der Waals surface area (Å²) in [5.74, 6) is 0.0572. The average molecular weight is 584 g/mol. The third-order valence-corrected chi connectivity index (χ3v) is 7.73. The van der Waals surface area contributed by atoms with Crippen LogP contribution in [0.15, 0.2) is 16.8 Å². The fourth-order valence-corrected chi connectivity index (χ4v) is 5.18. The predicted octanol–water partition coefficient (Wildman–Crippen LogP) is 8.59. The molecule has 1 aromatic rings. The Labute approximate surface area is 250 Å². The summed E-state index contributed by atoms with van der Waals surface area (Å²) in [6.45, 7) is 8.60. The maximum absolute atomic E-state index is 11.8. The van der Waals surface area contributed by atoms with E-state index in [0.717, 1.165) is 38.2 Å². The lowest BCUT2D eigenvalue weighted by Crippen LogP contribution is -2.23. The number of carbonyl (C=O) groups excluding carboxylic acids is 1. The van der Waals surface area contributed by atoms with E-state index in [1.165, 1.54) is 103 Å². The van der Waals surface area contributed by atoms with Crippen molar-refractivity contribution in [3.05, 3.63) is 22.4 Å². The lowest BCUT2D eigenvalue weighted by molar-refractivity contribution is -0.00248. The molecule has 0 radical (unpaired) electrons. The number of rotatable bonds is 32. The van der Waals surface area contributed by atoms with E-state index in [4.69, 9.17) is 18.9 Å². The molecule has 0 aromatic carbocycles. The van der Waals surface area contributed by atoms with Crippen LogP contribution in [0.1, 0.15) is 133 Å². The number of ether oxygens (including phenoxy) is 4. The van der Waals surface area contributed by atoms with Crippen molar-refractivity contribution in [1.82, 2.24) is 5.32 Å². The molecule has 6 nitrogen and oxygen atoms in total. The summed E-state index contributed by atoms with van der Waals surface area (Å²) in [4.78, 5) is 11.8. The number of nitrogens with one attached hydrogen (secondary N) is 1. The standard InChI is InChI=1S/C33H61NO5S/c1-2-3-4-5-6-12-15-18-22-36-24-26-38-28-29-39-27-25-37-23-19-16-13-10-8-7-9-11-14-17-21-34-33(35)32-20-30-40-31-32/h20,30-31H,2-19,21-29H2,1H3,(H,34,35). The maximum atomic E-state index is 11.8. The molecule has 234 valence electrons. The zero-order valence-corrected chi connectivity index (χ0v) is 26.6. The molecule has 7 heteroatoms. The third-order valence-electron chi connectivity index (χ3n) is 7.04. The normalized spacial score (nSPS) is 11.3. The number of hydrogen-bond acceptors (Lipinski definition) is 6. The fourth-order valence-electron chi connectivity index (χ4n) is 4.54. The van der Waals surface area contributed by atoms with Gasteiger partial charge >= 0.3 is 0 Å². The molecule has 1 amide bonds. The number of unbranched alkanes of at least 4 members (excludes halogenated alkanes) is 16. The van der Waals surface area contributed by atoms with Crippen molar-refractivity contribution in [3.63, 3.8) is 0 Å². The monoisotopic (exact) mass is 583 g/mol. The van der Waals surface area contributed by atoms with Crippen LogP contribution in [0.4, 0.5) is 0 Å². The summed E-state index contributed by atoms with van der Waals surface area (Å²) in [6, 6.07) is 1.87. The van der Waals surface area contributed by atoms with Crippen LogP contribution in [0.25, 0.3) is 0 Å². The van der Waals surface area contributed by atoms with Crippen molar-refractivity contribution < 1.29 is 23.7 Å². The Bertz CT molecular complexity index is 628. The van der Waals surface area contributed by atoms with Gasteiger partial charge in [-0.2, -0.15) is 11.3 Å². The summed E-state index contributed by atoms with van der Waals surface area (Å²) in [7, 11) is 0. The van der Waals surface area contributed by atoms with E-state index in [9.17, 15) is 4.79 Å². The zero-order chi connectivity index (χ0) is 28.6. The zero-order valence-electron chi connectivity index (χ0n) is 25.8. The number of thiophene rings is 1.